The molecule has 1 unspecified atom stereocenters. The molecule has 0 aliphatic heterocycles. The van der Waals surface area contributed by atoms with E-state index in [2.05, 4.69) is 5.43 Å². The third-order valence-electron chi connectivity index (χ3n) is 2.27. The van der Waals surface area contributed by atoms with Gasteiger partial charge in [-0.15, -0.1) is 0 Å². The molecule has 1 atom stereocenters. The topological polar surface area (TPSA) is 41.3 Å². The van der Waals surface area contributed by atoms with Crippen molar-refractivity contribution < 1.29 is 13.2 Å². The molecule has 0 heterocycles. The van der Waals surface area contributed by atoms with Crippen LogP contribution in [0.2, 0.25) is 0 Å². The average Bonchev–Trinajstić information content (AvgIpc) is 2.24. The number of rotatable bonds is 4. The van der Waals surface area contributed by atoms with E-state index in [0.717, 1.165) is 12.1 Å². The van der Waals surface area contributed by atoms with Crippen LogP contribution in [0, 0.1) is 0 Å². The third kappa shape index (κ3) is 3.99. The molecule has 0 aliphatic rings. The fourth-order valence-electron chi connectivity index (χ4n) is 1.51. The summed E-state index contributed by atoms with van der Waals surface area (Å²) >= 11 is 0. The molecule has 0 fully saturated rings. The SMILES string of the molecule is CN(C)NC(CN)c1cccc(C(F)(F)F)c1. The Hall–Kier alpha value is -1.11. The molecule has 0 spiro atoms. The first-order chi connectivity index (χ1) is 7.84. The zero-order valence-electron chi connectivity index (χ0n) is 9.75. The van der Waals surface area contributed by atoms with E-state index in [0.29, 0.717) is 5.56 Å². The summed E-state index contributed by atoms with van der Waals surface area (Å²) < 4.78 is 37.6. The fraction of sp³-hybridized carbons (Fsp3) is 0.455. The average molecular weight is 247 g/mol. The van der Waals surface area contributed by atoms with Crippen LogP contribution in [0.4, 0.5) is 13.2 Å². The summed E-state index contributed by atoms with van der Waals surface area (Å²) in [5.41, 5.74) is 8.37. The second-order valence-corrected chi connectivity index (χ2v) is 3.94. The normalized spacial score (nSPS) is 14.1. The molecule has 1 rings (SSSR count). The molecule has 17 heavy (non-hydrogen) atoms. The van der Waals surface area contributed by atoms with Crippen molar-refractivity contribution in [1.82, 2.24) is 10.4 Å². The van der Waals surface area contributed by atoms with Gasteiger partial charge in [-0.2, -0.15) is 13.2 Å². The summed E-state index contributed by atoms with van der Waals surface area (Å²) in [4.78, 5) is 0. The van der Waals surface area contributed by atoms with Gasteiger partial charge in [0.05, 0.1) is 11.6 Å². The lowest BCUT2D eigenvalue weighted by Gasteiger charge is -2.22. The van der Waals surface area contributed by atoms with Crippen LogP contribution in [0.1, 0.15) is 17.2 Å². The summed E-state index contributed by atoms with van der Waals surface area (Å²) in [5.74, 6) is 0. The van der Waals surface area contributed by atoms with Gasteiger partial charge in [-0.05, 0) is 17.7 Å². The Balaban J connectivity index is 2.97. The van der Waals surface area contributed by atoms with E-state index < -0.39 is 11.7 Å². The van der Waals surface area contributed by atoms with E-state index in [4.69, 9.17) is 5.73 Å². The highest BCUT2D eigenvalue weighted by atomic mass is 19.4. The van der Waals surface area contributed by atoms with E-state index in [1.807, 2.05) is 0 Å². The summed E-state index contributed by atoms with van der Waals surface area (Å²) in [7, 11) is 3.52. The molecule has 0 amide bonds. The first-order valence-corrected chi connectivity index (χ1v) is 5.15. The number of hydrogen-bond donors (Lipinski definition) is 2. The van der Waals surface area contributed by atoms with Gasteiger partial charge >= 0.3 is 6.18 Å². The molecule has 0 radical (unpaired) electrons. The second kappa shape index (κ2) is 5.48. The molecule has 6 heteroatoms. The molecule has 0 saturated carbocycles. The number of nitrogens with one attached hydrogen (secondary N) is 1. The van der Waals surface area contributed by atoms with Crippen LogP contribution >= 0.6 is 0 Å². The Morgan fingerprint density at radius 3 is 2.47 bits per heavy atom. The van der Waals surface area contributed by atoms with E-state index in [9.17, 15) is 13.2 Å². The van der Waals surface area contributed by atoms with Gasteiger partial charge in [0.1, 0.15) is 0 Å². The van der Waals surface area contributed by atoms with Crippen LogP contribution in [0.15, 0.2) is 24.3 Å². The quantitative estimate of drug-likeness (QED) is 0.797. The highest BCUT2D eigenvalue weighted by Gasteiger charge is 2.30. The molecular weight excluding hydrogens is 231 g/mol. The van der Waals surface area contributed by atoms with E-state index in [1.165, 1.54) is 6.07 Å². The third-order valence-corrected chi connectivity index (χ3v) is 2.27. The molecule has 3 N–H and O–H groups in total. The molecule has 96 valence electrons. The lowest BCUT2D eigenvalue weighted by molar-refractivity contribution is -0.137. The highest BCUT2D eigenvalue weighted by molar-refractivity contribution is 5.28. The van der Waals surface area contributed by atoms with Crippen LogP contribution < -0.4 is 11.2 Å². The predicted molar refractivity (Wildman–Crippen MR) is 60.1 cm³/mol. The van der Waals surface area contributed by atoms with E-state index in [1.54, 1.807) is 25.2 Å². The van der Waals surface area contributed by atoms with Gasteiger partial charge in [0.25, 0.3) is 0 Å². The molecule has 0 saturated heterocycles. The van der Waals surface area contributed by atoms with Gasteiger partial charge in [0, 0.05) is 20.6 Å². The smallest absolute Gasteiger partial charge is 0.329 e. The van der Waals surface area contributed by atoms with Gasteiger partial charge in [0.2, 0.25) is 0 Å². The van der Waals surface area contributed by atoms with Gasteiger partial charge in [-0.3, -0.25) is 0 Å². The minimum absolute atomic E-state index is 0.222. The Kier molecular flexibility index (Phi) is 4.50. The maximum atomic E-state index is 12.5. The number of hydrogen-bond acceptors (Lipinski definition) is 3. The van der Waals surface area contributed by atoms with Crippen LogP contribution in [0.5, 0.6) is 0 Å². The van der Waals surface area contributed by atoms with E-state index >= 15 is 0 Å². The van der Waals surface area contributed by atoms with Crippen molar-refractivity contribution in [2.24, 2.45) is 5.73 Å². The number of nitrogens with zero attached hydrogens (tertiary/aromatic N) is 1. The summed E-state index contributed by atoms with van der Waals surface area (Å²) in [6.07, 6.45) is -4.33. The first kappa shape index (κ1) is 14.0. The zero-order valence-corrected chi connectivity index (χ0v) is 9.75. The lowest BCUT2D eigenvalue weighted by Crippen LogP contribution is -2.38. The van der Waals surface area contributed by atoms with Crippen molar-refractivity contribution in [2.45, 2.75) is 12.2 Å². The minimum Gasteiger partial charge on any atom is -0.329 e. The highest BCUT2D eigenvalue weighted by Crippen LogP contribution is 2.30. The van der Waals surface area contributed by atoms with Crippen molar-refractivity contribution in [2.75, 3.05) is 20.6 Å². The van der Waals surface area contributed by atoms with Gasteiger partial charge in [0.15, 0.2) is 0 Å². The van der Waals surface area contributed by atoms with E-state index in [-0.39, 0.29) is 12.6 Å². The molecule has 0 aliphatic carbocycles. The van der Waals surface area contributed by atoms with Crippen molar-refractivity contribution in [3.05, 3.63) is 35.4 Å². The van der Waals surface area contributed by atoms with Crippen LogP contribution in [-0.4, -0.2) is 25.6 Å². The summed E-state index contributed by atoms with van der Waals surface area (Å²) in [6, 6.07) is 4.86. The molecule has 0 aromatic heterocycles. The summed E-state index contributed by atoms with van der Waals surface area (Å²) in [5, 5.41) is 1.66. The Morgan fingerprint density at radius 1 is 1.35 bits per heavy atom. The van der Waals surface area contributed by atoms with Gasteiger partial charge in [-0.1, -0.05) is 12.1 Å². The van der Waals surface area contributed by atoms with Crippen LogP contribution in [0.3, 0.4) is 0 Å². The predicted octanol–water partition coefficient (Wildman–Crippen LogP) is 1.77. The Labute approximate surface area is 98.4 Å². The standard InChI is InChI=1S/C11H16F3N3/c1-17(2)16-10(7-15)8-4-3-5-9(6-8)11(12,13)14/h3-6,10,16H,7,15H2,1-2H3. The summed E-state index contributed by atoms with van der Waals surface area (Å²) in [6.45, 7) is 0.222. The van der Waals surface area contributed by atoms with Crippen LogP contribution in [-0.2, 0) is 6.18 Å². The minimum atomic E-state index is -4.33. The number of nitrogens with two attached hydrogens (primary N) is 1. The molecule has 0 bridgehead atoms. The van der Waals surface area contributed by atoms with Crippen LogP contribution in [0.25, 0.3) is 0 Å². The second-order valence-electron chi connectivity index (χ2n) is 3.94. The zero-order chi connectivity index (χ0) is 13.1. The Morgan fingerprint density at radius 2 is 2.00 bits per heavy atom. The largest absolute Gasteiger partial charge is 0.416 e. The molecule has 3 nitrogen and oxygen atoms in total. The van der Waals surface area contributed by atoms with Crippen molar-refractivity contribution >= 4 is 0 Å². The molecular formula is C11H16F3N3. The monoisotopic (exact) mass is 247 g/mol. The number of halogens is 3. The van der Waals surface area contributed by atoms with Gasteiger partial charge in [-0.25, -0.2) is 10.4 Å². The maximum absolute atomic E-state index is 12.5. The van der Waals surface area contributed by atoms with Crippen molar-refractivity contribution in [3.8, 4) is 0 Å². The maximum Gasteiger partial charge on any atom is 0.416 e. The molecule has 1 aromatic carbocycles. The number of alkyl halides is 3. The van der Waals surface area contributed by atoms with Gasteiger partial charge < -0.3 is 5.73 Å². The Bertz CT molecular complexity index is 363. The number of hydrazine groups is 1. The number of benzene rings is 1. The lowest BCUT2D eigenvalue weighted by atomic mass is 10.0. The fourth-order valence-corrected chi connectivity index (χ4v) is 1.51. The van der Waals surface area contributed by atoms with Crippen molar-refractivity contribution in [1.29, 1.82) is 0 Å². The van der Waals surface area contributed by atoms with Crippen molar-refractivity contribution in [3.63, 3.8) is 0 Å². The first-order valence-electron chi connectivity index (χ1n) is 5.15. The molecule has 1 aromatic rings.